The van der Waals surface area contributed by atoms with E-state index in [0.29, 0.717) is 17.0 Å². The first-order valence-electron chi connectivity index (χ1n) is 6.88. The number of rotatable bonds is 6. The Hall–Kier alpha value is -1.99. The normalized spacial score (nSPS) is 11.7. The van der Waals surface area contributed by atoms with Gasteiger partial charge in [0.1, 0.15) is 6.04 Å². The minimum Gasteiger partial charge on any atom is -0.467 e. The number of nitrogens with one attached hydrogen (secondary N) is 1. The van der Waals surface area contributed by atoms with Crippen LogP contribution in [0.25, 0.3) is 10.4 Å². The molecule has 0 fully saturated rings. The molecule has 1 atom stereocenters. The number of esters is 1. The third-order valence-corrected chi connectivity index (χ3v) is 4.77. The van der Waals surface area contributed by atoms with Crippen molar-refractivity contribution in [3.05, 3.63) is 41.3 Å². The number of carbonyl (C=O) groups is 2. The average molecular weight is 350 g/mol. The predicted molar refractivity (Wildman–Crippen MR) is 95.8 cm³/mol. The van der Waals surface area contributed by atoms with Crippen molar-refractivity contribution in [3.63, 3.8) is 0 Å². The molecule has 1 aromatic carbocycles. The van der Waals surface area contributed by atoms with Crippen LogP contribution in [0.1, 0.15) is 10.4 Å². The van der Waals surface area contributed by atoms with Gasteiger partial charge < -0.3 is 15.8 Å². The second-order valence-corrected chi connectivity index (χ2v) is 6.65. The van der Waals surface area contributed by atoms with Crippen LogP contribution in [0, 0.1) is 0 Å². The fraction of sp³-hybridized carbons (Fsp3) is 0.250. The van der Waals surface area contributed by atoms with E-state index in [1.54, 1.807) is 18.2 Å². The standard InChI is InChI=1S/C16H18N2O3S2/c1-21-16(20)13(9-22-2)18-15(19)11-6-5-10(17)8-12(11)14-4-3-7-23-14/h3-8,13H,9,17H2,1-2H3,(H,18,19)/t13-/m1/s1. The van der Waals surface area contributed by atoms with Gasteiger partial charge in [0.15, 0.2) is 0 Å². The van der Waals surface area contributed by atoms with Crippen LogP contribution in [0.5, 0.6) is 0 Å². The first-order chi connectivity index (χ1) is 11.1. The molecule has 0 unspecified atom stereocenters. The molecule has 0 spiro atoms. The first-order valence-corrected chi connectivity index (χ1v) is 9.15. The molecular formula is C16H18N2O3S2. The fourth-order valence-corrected chi connectivity index (χ4v) is 3.42. The van der Waals surface area contributed by atoms with Crippen molar-refractivity contribution in [3.8, 4) is 10.4 Å². The number of carbonyl (C=O) groups excluding carboxylic acids is 2. The maximum atomic E-state index is 12.6. The van der Waals surface area contributed by atoms with Crippen molar-refractivity contribution in [2.24, 2.45) is 0 Å². The largest absolute Gasteiger partial charge is 0.467 e. The molecule has 0 saturated heterocycles. The predicted octanol–water partition coefficient (Wildman–Crippen LogP) is 2.63. The number of amides is 1. The van der Waals surface area contributed by atoms with Crippen LogP contribution < -0.4 is 11.1 Å². The van der Waals surface area contributed by atoms with E-state index in [1.165, 1.54) is 30.2 Å². The zero-order valence-corrected chi connectivity index (χ0v) is 14.5. The van der Waals surface area contributed by atoms with Crippen molar-refractivity contribution in [2.75, 3.05) is 24.9 Å². The average Bonchev–Trinajstić information content (AvgIpc) is 3.07. The highest BCUT2D eigenvalue weighted by molar-refractivity contribution is 7.98. The Balaban J connectivity index is 2.30. The molecule has 0 bridgehead atoms. The van der Waals surface area contributed by atoms with E-state index in [9.17, 15) is 9.59 Å². The van der Waals surface area contributed by atoms with Gasteiger partial charge in [-0.3, -0.25) is 4.79 Å². The van der Waals surface area contributed by atoms with Crippen LogP contribution in [0.15, 0.2) is 35.7 Å². The second-order valence-electron chi connectivity index (χ2n) is 4.79. The maximum absolute atomic E-state index is 12.6. The van der Waals surface area contributed by atoms with Crippen molar-refractivity contribution >= 4 is 40.7 Å². The fourth-order valence-electron chi connectivity index (χ4n) is 2.11. The summed E-state index contributed by atoms with van der Waals surface area (Å²) in [6, 6.07) is 8.27. The molecule has 3 N–H and O–H groups in total. The molecule has 23 heavy (non-hydrogen) atoms. The van der Waals surface area contributed by atoms with Gasteiger partial charge in [-0.1, -0.05) is 6.07 Å². The summed E-state index contributed by atoms with van der Waals surface area (Å²) in [5, 5.41) is 4.67. The van der Waals surface area contributed by atoms with Crippen LogP contribution >= 0.6 is 23.1 Å². The Kier molecular flexibility index (Phi) is 6.06. The third-order valence-electron chi connectivity index (χ3n) is 3.20. The van der Waals surface area contributed by atoms with E-state index in [1.807, 2.05) is 23.8 Å². The monoisotopic (exact) mass is 350 g/mol. The quantitative estimate of drug-likeness (QED) is 0.618. The van der Waals surface area contributed by atoms with Crippen LogP contribution in [0.3, 0.4) is 0 Å². The summed E-state index contributed by atoms with van der Waals surface area (Å²) in [5.74, 6) is -0.333. The Morgan fingerprint density at radius 1 is 1.39 bits per heavy atom. The lowest BCUT2D eigenvalue weighted by molar-refractivity contribution is -0.142. The van der Waals surface area contributed by atoms with Crippen LogP contribution in [0.2, 0.25) is 0 Å². The van der Waals surface area contributed by atoms with E-state index in [-0.39, 0.29) is 5.91 Å². The van der Waals surface area contributed by atoms with Crippen molar-refractivity contribution in [1.29, 1.82) is 0 Å². The Morgan fingerprint density at radius 3 is 2.78 bits per heavy atom. The highest BCUT2D eigenvalue weighted by atomic mass is 32.2. The first kappa shape index (κ1) is 17.4. The molecule has 0 aliphatic carbocycles. The number of thiophene rings is 1. The van der Waals surface area contributed by atoms with Gasteiger partial charge in [0.05, 0.1) is 7.11 Å². The van der Waals surface area contributed by atoms with Gasteiger partial charge in [-0.05, 0) is 35.9 Å². The van der Waals surface area contributed by atoms with Gasteiger partial charge in [-0.15, -0.1) is 11.3 Å². The molecule has 7 heteroatoms. The maximum Gasteiger partial charge on any atom is 0.329 e. The van der Waals surface area contributed by atoms with Gasteiger partial charge in [0, 0.05) is 27.4 Å². The van der Waals surface area contributed by atoms with Gasteiger partial charge in [-0.25, -0.2) is 4.79 Å². The topological polar surface area (TPSA) is 81.4 Å². The van der Waals surface area contributed by atoms with Crippen LogP contribution in [0.4, 0.5) is 5.69 Å². The number of anilines is 1. The Labute approximate surface area is 143 Å². The van der Waals surface area contributed by atoms with E-state index in [0.717, 1.165) is 10.4 Å². The van der Waals surface area contributed by atoms with Crippen LogP contribution in [-0.2, 0) is 9.53 Å². The Morgan fingerprint density at radius 2 is 2.17 bits per heavy atom. The summed E-state index contributed by atoms with van der Waals surface area (Å²) in [6.45, 7) is 0. The van der Waals surface area contributed by atoms with Crippen molar-refractivity contribution < 1.29 is 14.3 Å². The Bertz CT molecular complexity index is 687. The number of hydrogen-bond donors (Lipinski definition) is 2. The SMILES string of the molecule is COC(=O)[C@@H](CSC)NC(=O)c1ccc(N)cc1-c1cccs1. The van der Waals surface area contributed by atoms with Crippen molar-refractivity contribution in [1.82, 2.24) is 5.32 Å². The van der Waals surface area contributed by atoms with Gasteiger partial charge in [0.25, 0.3) is 5.91 Å². The van der Waals surface area contributed by atoms with E-state index in [4.69, 9.17) is 10.5 Å². The molecule has 2 rings (SSSR count). The molecule has 0 saturated carbocycles. The third kappa shape index (κ3) is 4.27. The summed E-state index contributed by atoms with van der Waals surface area (Å²) < 4.78 is 4.74. The smallest absolute Gasteiger partial charge is 0.329 e. The molecule has 0 radical (unpaired) electrons. The minimum absolute atomic E-state index is 0.321. The summed E-state index contributed by atoms with van der Waals surface area (Å²) in [4.78, 5) is 25.3. The van der Waals surface area contributed by atoms with Crippen molar-refractivity contribution in [2.45, 2.75) is 6.04 Å². The van der Waals surface area contributed by atoms with E-state index in [2.05, 4.69) is 5.32 Å². The molecule has 2 aromatic rings. The summed E-state index contributed by atoms with van der Waals surface area (Å²) >= 11 is 2.99. The number of ether oxygens (including phenoxy) is 1. The molecule has 1 aromatic heterocycles. The lowest BCUT2D eigenvalue weighted by atomic mass is 10.0. The second kappa shape index (κ2) is 8.03. The molecule has 0 aliphatic heterocycles. The number of thioether (sulfide) groups is 1. The molecule has 122 valence electrons. The minimum atomic E-state index is -0.684. The highest BCUT2D eigenvalue weighted by Crippen LogP contribution is 2.30. The summed E-state index contributed by atoms with van der Waals surface area (Å²) in [7, 11) is 1.31. The van der Waals surface area contributed by atoms with E-state index >= 15 is 0 Å². The number of hydrogen-bond acceptors (Lipinski definition) is 6. The lowest BCUT2D eigenvalue weighted by Crippen LogP contribution is -2.43. The van der Waals surface area contributed by atoms with Gasteiger partial charge in [0.2, 0.25) is 0 Å². The summed E-state index contributed by atoms with van der Waals surface area (Å²) in [6.07, 6.45) is 1.86. The highest BCUT2D eigenvalue weighted by Gasteiger charge is 2.23. The molecule has 1 heterocycles. The van der Waals surface area contributed by atoms with Crippen LogP contribution in [-0.4, -0.2) is 37.0 Å². The molecular weight excluding hydrogens is 332 g/mol. The summed E-state index contributed by atoms with van der Waals surface area (Å²) in [5.41, 5.74) is 7.67. The number of benzene rings is 1. The van der Waals surface area contributed by atoms with E-state index < -0.39 is 12.0 Å². The molecule has 5 nitrogen and oxygen atoms in total. The number of nitrogens with two attached hydrogens (primary N) is 1. The number of methoxy groups -OCH3 is 1. The van der Waals surface area contributed by atoms with Gasteiger partial charge >= 0.3 is 5.97 Å². The molecule has 1 amide bonds. The molecule has 0 aliphatic rings. The zero-order chi connectivity index (χ0) is 16.8. The zero-order valence-electron chi connectivity index (χ0n) is 12.9. The van der Waals surface area contributed by atoms with Gasteiger partial charge in [-0.2, -0.15) is 11.8 Å². The lowest BCUT2D eigenvalue weighted by Gasteiger charge is -2.17. The number of nitrogen functional groups attached to an aromatic ring is 1.